The van der Waals surface area contributed by atoms with E-state index in [-0.39, 0.29) is 29.0 Å². The lowest BCUT2D eigenvalue weighted by molar-refractivity contribution is -0.121. The Balaban J connectivity index is 1.94. The predicted molar refractivity (Wildman–Crippen MR) is 95.9 cm³/mol. The number of rotatable bonds is 6. The molecule has 0 saturated heterocycles. The van der Waals surface area contributed by atoms with E-state index in [0.717, 1.165) is 11.1 Å². The molecule has 0 spiro atoms. The van der Waals surface area contributed by atoms with Gasteiger partial charge in [-0.3, -0.25) is 4.79 Å². The molecule has 0 saturated carbocycles. The van der Waals surface area contributed by atoms with Crippen molar-refractivity contribution >= 4 is 27.3 Å². The molecule has 0 aliphatic heterocycles. The van der Waals surface area contributed by atoms with Crippen molar-refractivity contribution in [2.75, 3.05) is 5.75 Å². The largest absolute Gasteiger partial charge is 0.350 e. The summed E-state index contributed by atoms with van der Waals surface area (Å²) in [7, 11) is -3.46. The maximum absolute atomic E-state index is 12.3. The van der Waals surface area contributed by atoms with Gasteiger partial charge in [0.25, 0.3) is 0 Å². The SMILES string of the molecule is Cc1ccc(S(=O)(=O)CCC(=O)N[C@@H](C)c2cccc(Cl)c2)cc1. The number of sulfone groups is 1. The van der Waals surface area contributed by atoms with E-state index in [4.69, 9.17) is 11.6 Å². The number of nitrogens with one attached hydrogen (secondary N) is 1. The first-order chi connectivity index (χ1) is 11.3. The maximum Gasteiger partial charge on any atom is 0.221 e. The summed E-state index contributed by atoms with van der Waals surface area (Å²) in [4.78, 5) is 12.3. The number of hydrogen-bond donors (Lipinski definition) is 1. The van der Waals surface area contributed by atoms with E-state index in [0.29, 0.717) is 5.02 Å². The van der Waals surface area contributed by atoms with Crippen molar-refractivity contribution in [1.29, 1.82) is 0 Å². The molecule has 1 amide bonds. The quantitative estimate of drug-likeness (QED) is 0.849. The highest BCUT2D eigenvalue weighted by Crippen LogP contribution is 2.18. The standard InChI is InChI=1S/C18H20ClNO3S/c1-13-6-8-17(9-7-13)24(22,23)11-10-18(21)20-14(2)15-4-3-5-16(19)12-15/h3-9,12,14H,10-11H2,1-2H3,(H,20,21)/t14-/m0/s1. The molecular weight excluding hydrogens is 346 g/mol. The third-order valence-electron chi connectivity index (χ3n) is 3.70. The summed E-state index contributed by atoms with van der Waals surface area (Å²) in [5.74, 6) is -0.525. The zero-order valence-corrected chi connectivity index (χ0v) is 15.2. The molecule has 128 valence electrons. The molecule has 4 nitrogen and oxygen atoms in total. The number of halogens is 1. The molecule has 0 aliphatic carbocycles. The molecule has 0 aliphatic rings. The number of amides is 1. The van der Waals surface area contributed by atoms with Crippen molar-refractivity contribution in [2.45, 2.75) is 31.2 Å². The van der Waals surface area contributed by atoms with Crippen molar-refractivity contribution in [2.24, 2.45) is 0 Å². The van der Waals surface area contributed by atoms with Crippen LogP contribution in [0.5, 0.6) is 0 Å². The Kier molecular flexibility index (Phi) is 6.02. The summed E-state index contributed by atoms with van der Waals surface area (Å²) in [6.45, 7) is 3.72. The molecule has 1 N–H and O–H groups in total. The van der Waals surface area contributed by atoms with Crippen LogP contribution in [0.3, 0.4) is 0 Å². The number of carbonyl (C=O) groups is 1. The second kappa shape index (κ2) is 7.81. The van der Waals surface area contributed by atoms with Gasteiger partial charge in [-0.1, -0.05) is 41.4 Å². The second-order valence-electron chi connectivity index (χ2n) is 5.73. The molecule has 0 bridgehead atoms. The van der Waals surface area contributed by atoms with Gasteiger partial charge in [0, 0.05) is 11.4 Å². The fourth-order valence-corrected chi connectivity index (χ4v) is 3.70. The van der Waals surface area contributed by atoms with Crippen LogP contribution >= 0.6 is 11.6 Å². The molecule has 0 heterocycles. The highest BCUT2D eigenvalue weighted by atomic mass is 35.5. The maximum atomic E-state index is 12.3. The lowest BCUT2D eigenvalue weighted by Gasteiger charge is -2.14. The van der Waals surface area contributed by atoms with Crippen molar-refractivity contribution < 1.29 is 13.2 Å². The minimum atomic E-state index is -3.46. The van der Waals surface area contributed by atoms with Gasteiger partial charge in [-0.25, -0.2) is 8.42 Å². The average Bonchev–Trinajstić information content (AvgIpc) is 2.53. The Labute approximate surface area is 147 Å². The molecule has 0 unspecified atom stereocenters. The van der Waals surface area contributed by atoms with Crippen molar-refractivity contribution in [3.05, 3.63) is 64.7 Å². The van der Waals surface area contributed by atoms with Gasteiger partial charge in [-0.15, -0.1) is 0 Å². The number of hydrogen-bond acceptors (Lipinski definition) is 3. The molecule has 6 heteroatoms. The van der Waals surface area contributed by atoms with Crippen LogP contribution in [0.4, 0.5) is 0 Å². The normalized spacial score (nSPS) is 12.6. The molecule has 1 atom stereocenters. The fraction of sp³-hybridized carbons (Fsp3) is 0.278. The van der Waals surface area contributed by atoms with Gasteiger partial charge in [0.2, 0.25) is 5.91 Å². The average molecular weight is 366 g/mol. The zero-order valence-electron chi connectivity index (χ0n) is 13.6. The summed E-state index contributed by atoms with van der Waals surface area (Å²) >= 11 is 5.93. The molecule has 0 aromatic heterocycles. The number of carbonyl (C=O) groups excluding carboxylic acids is 1. The van der Waals surface area contributed by atoms with E-state index < -0.39 is 9.84 Å². The third-order valence-corrected chi connectivity index (χ3v) is 5.67. The molecule has 0 fully saturated rings. The summed E-state index contributed by atoms with van der Waals surface area (Å²) in [6, 6.07) is 13.6. The minimum Gasteiger partial charge on any atom is -0.350 e. The van der Waals surface area contributed by atoms with Gasteiger partial charge in [0.05, 0.1) is 16.7 Å². The lowest BCUT2D eigenvalue weighted by atomic mass is 10.1. The Morgan fingerprint density at radius 1 is 1.17 bits per heavy atom. The van der Waals surface area contributed by atoms with Gasteiger partial charge >= 0.3 is 0 Å². The minimum absolute atomic E-state index is 0.0822. The smallest absolute Gasteiger partial charge is 0.221 e. The Bertz CT molecular complexity index is 816. The first-order valence-electron chi connectivity index (χ1n) is 7.62. The first-order valence-corrected chi connectivity index (χ1v) is 9.65. The van der Waals surface area contributed by atoms with Crippen LogP contribution in [0, 0.1) is 6.92 Å². The summed E-state index contributed by atoms with van der Waals surface area (Å²) < 4.78 is 24.5. The zero-order chi connectivity index (χ0) is 17.7. The molecule has 2 aromatic rings. The molecule has 2 aromatic carbocycles. The van der Waals surface area contributed by atoms with E-state index in [1.807, 2.05) is 26.0 Å². The summed E-state index contributed by atoms with van der Waals surface area (Å²) in [6.07, 6.45) is -0.0822. The van der Waals surface area contributed by atoms with E-state index >= 15 is 0 Å². The van der Waals surface area contributed by atoms with Crippen LogP contribution in [0.25, 0.3) is 0 Å². The van der Waals surface area contributed by atoms with Gasteiger partial charge in [0.1, 0.15) is 0 Å². The Morgan fingerprint density at radius 2 is 1.83 bits per heavy atom. The molecule has 0 radical (unpaired) electrons. The van der Waals surface area contributed by atoms with Crippen LogP contribution in [-0.4, -0.2) is 20.1 Å². The lowest BCUT2D eigenvalue weighted by Crippen LogP contribution is -2.28. The third kappa shape index (κ3) is 5.08. The van der Waals surface area contributed by atoms with Gasteiger partial charge in [0.15, 0.2) is 9.84 Å². The van der Waals surface area contributed by atoms with Crippen LogP contribution in [0.15, 0.2) is 53.4 Å². The monoisotopic (exact) mass is 365 g/mol. The van der Waals surface area contributed by atoms with E-state index in [1.165, 1.54) is 0 Å². The van der Waals surface area contributed by atoms with Gasteiger partial charge in [-0.2, -0.15) is 0 Å². The van der Waals surface area contributed by atoms with Crippen LogP contribution < -0.4 is 5.32 Å². The Morgan fingerprint density at radius 3 is 2.46 bits per heavy atom. The van der Waals surface area contributed by atoms with E-state index in [1.54, 1.807) is 36.4 Å². The van der Waals surface area contributed by atoms with Crippen LogP contribution in [0.2, 0.25) is 5.02 Å². The molecule has 24 heavy (non-hydrogen) atoms. The van der Waals surface area contributed by atoms with Crippen molar-refractivity contribution in [3.8, 4) is 0 Å². The topological polar surface area (TPSA) is 63.2 Å². The van der Waals surface area contributed by atoms with Crippen LogP contribution in [0.1, 0.15) is 30.5 Å². The van der Waals surface area contributed by atoms with Gasteiger partial charge < -0.3 is 5.32 Å². The summed E-state index contributed by atoms with van der Waals surface area (Å²) in [5, 5.41) is 3.39. The highest BCUT2D eigenvalue weighted by molar-refractivity contribution is 7.91. The summed E-state index contributed by atoms with van der Waals surface area (Å²) in [5.41, 5.74) is 1.86. The second-order valence-corrected chi connectivity index (χ2v) is 8.27. The van der Waals surface area contributed by atoms with E-state index in [9.17, 15) is 13.2 Å². The van der Waals surface area contributed by atoms with Crippen LogP contribution in [-0.2, 0) is 14.6 Å². The number of benzene rings is 2. The number of aryl methyl sites for hydroxylation is 1. The van der Waals surface area contributed by atoms with Gasteiger partial charge in [-0.05, 0) is 43.7 Å². The molecule has 2 rings (SSSR count). The fourth-order valence-electron chi connectivity index (χ4n) is 2.26. The Hall–Kier alpha value is -1.85. The molecular formula is C18H20ClNO3S. The van der Waals surface area contributed by atoms with Crippen molar-refractivity contribution in [1.82, 2.24) is 5.32 Å². The van der Waals surface area contributed by atoms with E-state index in [2.05, 4.69) is 5.32 Å². The first kappa shape index (κ1) is 18.5. The predicted octanol–water partition coefficient (Wildman–Crippen LogP) is 3.69. The highest BCUT2D eigenvalue weighted by Gasteiger charge is 2.17. The van der Waals surface area contributed by atoms with Crippen molar-refractivity contribution in [3.63, 3.8) is 0 Å².